The van der Waals surface area contributed by atoms with Gasteiger partial charge in [0.2, 0.25) is 0 Å². The lowest BCUT2D eigenvalue weighted by Gasteiger charge is -2.63. The first kappa shape index (κ1) is 44.9. The Morgan fingerprint density at radius 3 is 0.738 bits per heavy atom. The quantitative estimate of drug-likeness (QED) is 0.211. The van der Waals surface area contributed by atoms with Gasteiger partial charge in [-0.2, -0.15) is 0 Å². The van der Waals surface area contributed by atoms with Crippen molar-refractivity contribution in [3.63, 3.8) is 0 Å². The Morgan fingerprint density at radius 1 is 0.311 bits per heavy atom. The summed E-state index contributed by atoms with van der Waals surface area (Å²) in [5, 5.41) is 0. The highest BCUT2D eigenvalue weighted by Gasteiger charge is 2.86. The molecule has 4 saturated heterocycles. The van der Waals surface area contributed by atoms with E-state index in [1.807, 2.05) is 0 Å². The van der Waals surface area contributed by atoms with E-state index in [4.69, 9.17) is 49.4 Å². The van der Waals surface area contributed by atoms with Gasteiger partial charge in [-0.1, -0.05) is 89.9 Å². The van der Waals surface area contributed by atoms with Crippen molar-refractivity contribution in [3.05, 3.63) is 0 Å². The van der Waals surface area contributed by atoms with E-state index in [-0.39, 0.29) is 38.8 Å². The predicted molar refractivity (Wildman–Crippen MR) is 242 cm³/mol. The minimum Gasteiger partial charge on any atom is -0.417 e. The summed E-state index contributed by atoms with van der Waals surface area (Å²) in [5.41, 5.74) is -0.759. The van der Waals surface area contributed by atoms with Gasteiger partial charge < -0.3 is 59.0 Å². The molecule has 7 saturated carbocycles. The molecular formula is C38H74O14Si9. The van der Waals surface area contributed by atoms with Crippen molar-refractivity contribution < 1.29 is 59.0 Å². The van der Waals surface area contributed by atoms with E-state index in [1.54, 1.807) is 0 Å². The molecule has 14 nitrogen and oxygen atoms in total. The van der Waals surface area contributed by atoms with Crippen molar-refractivity contribution in [2.45, 2.75) is 238 Å². The number of rotatable bonds is 9. The summed E-state index contributed by atoms with van der Waals surface area (Å²) >= 11 is 0. The average molecular weight is 1010 g/mol. The van der Waals surface area contributed by atoms with Gasteiger partial charge in [0, 0.05) is 38.8 Å². The Hall–Kier alpha value is 1.39. The van der Waals surface area contributed by atoms with Gasteiger partial charge >= 0.3 is 70.7 Å². The van der Waals surface area contributed by atoms with Crippen molar-refractivity contribution in [3.8, 4) is 0 Å². The molecule has 7 aliphatic carbocycles. The maximum atomic E-state index is 12.7. The lowest BCUT2D eigenvalue weighted by Crippen LogP contribution is -2.88. The van der Waals surface area contributed by atoms with Gasteiger partial charge in [0.05, 0.1) is 0 Å². The maximum absolute atomic E-state index is 12.7. The van der Waals surface area contributed by atoms with Crippen LogP contribution in [0, 0.1) is 0 Å². The van der Waals surface area contributed by atoms with Crippen LogP contribution in [-0.4, -0.2) is 88.6 Å². The molecule has 11 aliphatic rings. The van der Waals surface area contributed by atoms with E-state index in [1.165, 1.54) is 0 Å². The Labute approximate surface area is 374 Å². The SMILES string of the molecule is C[Si](C)(C)O[Si]1(C2CCCC2)O[Si]2(C3CCCC3)O[Si]3(C4CCCC4)O[Si](O)(O)O[Si]4(C5CCCC5)O[Si](C5CCCC5)(O1)O[Si](C1CCCC1)(O2)O[Si](C1CCCC1)(O3)O4. The monoisotopic (exact) mass is 1010 g/mol. The van der Waals surface area contributed by atoms with E-state index in [0.29, 0.717) is 0 Å². The lowest BCUT2D eigenvalue weighted by molar-refractivity contribution is -0.0369. The van der Waals surface area contributed by atoms with Gasteiger partial charge in [-0.05, 0) is 110 Å². The molecule has 0 aromatic carbocycles. The van der Waals surface area contributed by atoms with Crippen molar-refractivity contribution in [2.75, 3.05) is 0 Å². The molecule has 0 amide bonds. The second kappa shape index (κ2) is 16.5. The number of fused-ring (bicyclic) bond motifs is 4. The van der Waals surface area contributed by atoms with Crippen molar-refractivity contribution in [1.82, 2.24) is 0 Å². The summed E-state index contributed by atoms with van der Waals surface area (Å²) in [5.74, 6) is 0. The van der Waals surface area contributed by atoms with Crippen LogP contribution in [-0.2, 0) is 49.4 Å². The molecule has 4 unspecified atom stereocenters. The van der Waals surface area contributed by atoms with Crippen molar-refractivity contribution >= 4 is 79.0 Å². The molecule has 23 heteroatoms. The molecule has 4 atom stereocenters. The first-order chi connectivity index (χ1) is 29.2. The summed E-state index contributed by atoms with van der Waals surface area (Å²) < 4.78 is 96.6. The van der Waals surface area contributed by atoms with E-state index in [2.05, 4.69) is 19.6 Å². The normalized spacial score (nSPS) is 46.4. The second-order valence-corrected chi connectivity index (χ2v) is 51.3. The Bertz CT molecular complexity index is 1510. The minimum absolute atomic E-state index is 0.0143. The molecule has 0 aromatic heterocycles. The fourth-order valence-corrected chi connectivity index (χ4v) is 68.1. The van der Waals surface area contributed by atoms with Crippen LogP contribution in [0.2, 0.25) is 58.4 Å². The van der Waals surface area contributed by atoms with Gasteiger partial charge in [-0.3, -0.25) is 0 Å². The highest BCUT2D eigenvalue weighted by atomic mass is 28.6. The first-order valence-electron chi connectivity index (χ1n) is 25.1. The first-order valence-corrected chi connectivity index (χ1v) is 42.8. The fraction of sp³-hybridized carbons (Fsp3) is 1.00. The largest absolute Gasteiger partial charge is 0.659 e. The van der Waals surface area contributed by atoms with Crippen LogP contribution in [0.3, 0.4) is 0 Å². The zero-order valence-corrected chi connectivity index (χ0v) is 46.1. The third-order valence-electron chi connectivity index (χ3n) is 16.5. The zero-order chi connectivity index (χ0) is 41.8. The summed E-state index contributed by atoms with van der Waals surface area (Å²) in [4.78, 5) is 25.4. The molecule has 0 spiro atoms. The van der Waals surface area contributed by atoms with Crippen LogP contribution in [0.5, 0.6) is 0 Å². The highest BCUT2D eigenvalue weighted by molar-refractivity contribution is 7.02. The Morgan fingerprint density at radius 2 is 0.508 bits per heavy atom. The third-order valence-corrected chi connectivity index (χ3v) is 56.1. The fourth-order valence-electron chi connectivity index (χ4n) is 13.7. The molecular weight excluding hydrogens is 933 g/mol. The van der Waals surface area contributed by atoms with Crippen LogP contribution in [0.15, 0.2) is 0 Å². The molecule has 6 bridgehead atoms. The summed E-state index contributed by atoms with van der Waals surface area (Å²) in [6, 6.07) is 0. The Kier molecular flexibility index (Phi) is 12.2. The van der Waals surface area contributed by atoms with Crippen LogP contribution in [0.25, 0.3) is 0 Å². The van der Waals surface area contributed by atoms with Gasteiger partial charge in [0.15, 0.2) is 8.32 Å². The van der Waals surface area contributed by atoms with Gasteiger partial charge in [-0.25, -0.2) is 0 Å². The molecule has 2 N–H and O–H groups in total. The summed E-state index contributed by atoms with van der Waals surface area (Å²) in [7, 11) is -36.7. The van der Waals surface area contributed by atoms with E-state index < -0.39 is 79.0 Å². The van der Waals surface area contributed by atoms with Crippen LogP contribution >= 0.6 is 0 Å². The predicted octanol–water partition coefficient (Wildman–Crippen LogP) is 9.68. The van der Waals surface area contributed by atoms with E-state index >= 15 is 0 Å². The molecule has 0 radical (unpaired) electrons. The standard InChI is InChI=1S/C38H74O14Si9/c1-53(2,3)41-54(32-18-4-5-19-32)42-55(33-20-6-7-21-33)44-57(35-24-10-11-25-35)45-56(43-54,34-22-8-9-23-34)48-60(38-30-16-17-31-38)50-58(46-57,36-26-12-13-27-36)49-59(47-55,37-28-14-15-29-37)51-61(39,40)52-60/h32-40H,4-31H2,1-3H3. The maximum Gasteiger partial charge on any atom is 0.659 e. The number of hydrogen-bond acceptors (Lipinski definition) is 14. The van der Waals surface area contributed by atoms with Crippen LogP contribution < -0.4 is 0 Å². The van der Waals surface area contributed by atoms with E-state index in [0.717, 1.165) is 180 Å². The minimum atomic E-state index is -5.15. The zero-order valence-electron chi connectivity index (χ0n) is 37.1. The van der Waals surface area contributed by atoms with Gasteiger partial charge in [0.25, 0.3) is 0 Å². The van der Waals surface area contributed by atoms with Crippen LogP contribution in [0.4, 0.5) is 0 Å². The molecule has 11 fully saturated rings. The van der Waals surface area contributed by atoms with Crippen LogP contribution in [0.1, 0.15) is 180 Å². The molecule has 0 aromatic rings. The van der Waals surface area contributed by atoms with E-state index in [9.17, 15) is 9.59 Å². The highest BCUT2D eigenvalue weighted by Crippen LogP contribution is 2.64. The molecule has 61 heavy (non-hydrogen) atoms. The average Bonchev–Trinajstić information content (AvgIpc) is 4.04. The summed E-state index contributed by atoms with van der Waals surface area (Å²) in [6.45, 7) is 6.77. The second-order valence-electron chi connectivity index (χ2n) is 22.0. The van der Waals surface area contributed by atoms with Gasteiger partial charge in [-0.15, -0.1) is 0 Å². The summed E-state index contributed by atoms with van der Waals surface area (Å²) in [6.07, 6.45) is 26.2. The molecule has 11 rings (SSSR count). The number of hydrogen-bond donors (Lipinski definition) is 2. The topological polar surface area (TPSA) is 151 Å². The third kappa shape index (κ3) is 8.01. The smallest absolute Gasteiger partial charge is 0.417 e. The Balaban J connectivity index is 1.25. The molecule has 4 heterocycles. The van der Waals surface area contributed by atoms with Gasteiger partial charge in [0.1, 0.15) is 0 Å². The lowest BCUT2D eigenvalue weighted by atomic mass is 10.4. The van der Waals surface area contributed by atoms with Crippen molar-refractivity contribution in [2.24, 2.45) is 0 Å². The molecule has 346 valence electrons. The molecule has 4 aliphatic heterocycles. The van der Waals surface area contributed by atoms with Crippen molar-refractivity contribution in [1.29, 1.82) is 0 Å².